The van der Waals surface area contributed by atoms with Crippen LogP contribution in [0.2, 0.25) is 0 Å². The minimum absolute atomic E-state index is 0.102. The number of benzene rings is 2. The van der Waals surface area contributed by atoms with E-state index in [1.165, 1.54) is 44.9 Å². The lowest BCUT2D eigenvalue weighted by Gasteiger charge is -2.22. The van der Waals surface area contributed by atoms with Crippen molar-refractivity contribution in [1.29, 1.82) is 0 Å². The van der Waals surface area contributed by atoms with E-state index in [9.17, 15) is 4.79 Å². The summed E-state index contributed by atoms with van der Waals surface area (Å²) in [4.78, 5) is 13.0. The van der Waals surface area contributed by atoms with Crippen LogP contribution in [0.5, 0.6) is 11.5 Å². The van der Waals surface area contributed by atoms with Crippen LogP contribution in [0.1, 0.15) is 57.8 Å². The van der Waals surface area contributed by atoms with Crippen molar-refractivity contribution < 1.29 is 9.47 Å². The van der Waals surface area contributed by atoms with Gasteiger partial charge < -0.3 is 14.8 Å². The van der Waals surface area contributed by atoms with E-state index in [1.54, 1.807) is 21.5 Å². The summed E-state index contributed by atoms with van der Waals surface area (Å²) in [6.07, 6.45) is 15.3. The molecule has 0 bridgehead atoms. The van der Waals surface area contributed by atoms with Crippen LogP contribution in [0.25, 0.3) is 11.4 Å². The number of ether oxygens (including phenoxy) is 2. The molecule has 2 fully saturated rings. The van der Waals surface area contributed by atoms with Gasteiger partial charge in [0.25, 0.3) is 0 Å². The van der Waals surface area contributed by atoms with Crippen molar-refractivity contribution in [2.45, 2.75) is 69.9 Å². The van der Waals surface area contributed by atoms with Crippen LogP contribution in [-0.2, 0) is 0 Å². The lowest BCUT2D eigenvalue weighted by molar-refractivity contribution is 0.210. The molecule has 0 unspecified atom stereocenters. The van der Waals surface area contributed by atoms with Crippen molar-refractivity contribution in [3.05, 3.63) is 71.4 Å². The second-order valence-electron chi connectivity index (χ2n) is 9.47. The molecule has 2 saturated carbocycles. The number of rotatable bonds is 9. The summed E-state index contributed by atoms with van der Waals surface area (Å²) in [5, 5.41) is 3.59. The fourth-order valence-electron chi connectivity index (χ4n) is 5.10. The van der Waals surface area contributed by atoms with Gasteiger partial charge in [-0.3, -0.25) is 9.13 Å². The van der Waals surface area contributed by atoms with Gasteiger partial charge in [0.1, 0.15) is 18.1 Å². The summed E-state index contributed by atoms with van der Waals surface area (Å²) in [5.74, 6) is 1.69. The third kappa shape index (κ3) is 5.55. The molecule has 0 saturated heterocycles. The number of hydrogen-bond donors (Lipinski definition) is 1. The lowest BCUT2D eigenvalue weighted by atomic mass is 9.96. The zero-order chi connectivity index (χ0) is 23.2. The summed E-state index contributed by atoms with van der Waals surface area (Å²) in [7, 11) is 0. The first kappa shape index (κ1) is 22.8. The molecule has 0 spiro atoms. The van der Waals surface area contributed by atoms with E-state index in [2.05, 4.69) is 5.32 Å². The normalized spacial score (nSPS) is 17.2. The molecular formula is C28H35N3O3. The standard InChI is InChI=1S/C28H35N3O3/c32-28-30(19-20-31(28)24-12-16-27(17-13-24)34-26-8-4-5-9-26)23-10-14-25(15-11-23)33-21-18-29-22-6-2-1-3-7-22/h10-17,19-20,22,26,29H,1-9,18,21H2. The molecule has 2 aliphatic carbocycles. The Kier molecular flexibility index (Phi) is 7.34. The Hall–Kier alpha value is -2.99. The van der Waals surface area contributed by atoms with Crippen LogP contribution >= 0.6 is 0 Å². The van der Waals surface area contributed by atoms with Crippen LogP contribution < -0.4 is 20.5 Å². The molecule has 0 amide bonds. The maximum atomic E-state index is 13.0. The first-order valence-electron chi connectivity index (χ1n) is 12.8. The average Bonchev–Trinajstić information content (AvgIpc) is 3.53. The van der Waals surface area contributed by atoms with Crippen LogP contribution in [0.3, 0.4) is 0 Å². The van der Waals surface area contributed by atoms with Gasteiger partial charge in [0.2, 0.25) is 0 Å². The topological polar surface area (TPSA) is 57.4 Å². The number of nitrogens with one attached hydrogen (secondary N) is 1. The van der Waals surface area contributed by atoms with E-state index in [-0.39, 0.29) is 5.69 Å². The predicted molar refractivity (Wildman–Crippen MR) is 135 cm³/mol. The third-order valence-corrected chi connectivity index (χ3v) is 7.02. The van der Waals surface area contributed by atoms with Crippen molar-refractivity contribution in [3.63, 3.8) is 0 Å². The Labute approximate surface area is 201 Å². The molecule has 1 aromatic heterocycles. The summed E-state index contributed by atoms with van der Waals surface area (Å²) in [6.45, 7) is 1.51. The number of nitrogens with zero attached hydrogens (tertiary/aromatic N) is 2. The van der Waals surface area contributed by atoms with Gasteiger partial charge in [-0.15, -0.1) is 0 Å². The van der Waals surface area contributed by atoms with Crippen LogP contribution in [0, 0.1) is 0 Å². The van der Waals surface area contributed by atoms with Gasteiger partial charge in [-0.2, -0.15) is 0 Å². The molecule has 180 valence electrons. The first-order chi connectivity index (χ1) is 16.8. The molecule has 0 atom stereocenters. The Morgan fingerprint density at radius 3 is 1.91 bits per heavy atom. The fourth-order valence-corrected chi connectivity index (χ4v) is 5.10. The number of aromatic nitrogens is 2. The molecule has 0 radical (unpaired) electrons. The van der Waals surface area contributed by atoms with Gasteiger partial charge in [0.05, 0.1) is 17.5 Å². The van der Waals surface area contributed by atoms with Gasteiger partial charge in [0, 0.05) is 25.0 Å². The Bertz CT molecular complexity index is 1090. The predicted octanol–water partition coefficient (Wildman–Crippen LogP) is 5.25. The second kappa shape index (κ2) is 11.0. The van der Waals surface area contributed by atoms with E-state index in [0.29, 0.717) is 18.8 Å². The van der Waals surface area contributed by atoms with Crippen LogP contribution in [-0.4, -0.2) is 34.4 Å². The third-order valence-electron chi connectivity index (χ3n) is 7.02. The number of imidazole rings is 1. The van der Waals surface area contributed by atoms with E-state index in [1.807, 2.05) is 48.5 Å². The van der Waals surface area contributed by atoms with Crippen molar-refractivity contribution in [3.8, 4) is 22.9 Å². The molecule has 3 aromatic rings. The van der Waals surface area contributed by atoms with Gasteiger partial charge in [0.15, 0.2) is 0 Å². The highest BCUT2D eigenvalue weighted by Gasteiger charge is 2.16. The number of hydrogen-bond acceptors (Lipinski definition) is 4. The fraction of sp³-hybridized carbons (Fsp3) is 0.464. The molecule has 1 heterocycles. The summed E-state index contributed by atoms with van der Waals surface area (Å²) in [6, 6.07) is 16.1. The molecule has 6 heteroatoms. The summed E-state index contributed by atoms with van der Waals surface area (Å²) in [5.41, 5.74) is 1.54. The summed E-state index contributed by atoms with van der Waals surface area (Å²) >= 11 is 0. The van der Waals surface area contributed by atoms with Crippen molar-refractivity contribution in [2.75, 3.05) is 13.2 Å². The van der Waals surface area contributed by atoms with Crippen LogP contribution in [0.15, 0.2) is 65.7 Å². The molecule has 5 rings (SSSR count). The zero-order valence-electron chi connectivity index (χ0n) is 19.8. The Balaban J connectivity index is 1.17. The minimum Gasteiger partial charge on any atom is -0.492 e. The molecule has 0 aliphatic heterocycles. The minimum atomic E-state index is -0.102. The van der Waals surface area contributed by atoms with E-state index in [0.717, 1.165) is 42.3 Å². The Morgan fingerprint density at radius 1 is 0.735 bits per heavy atom. The molecule has 6 nitrogen and oxygen atoms in total. The quantitative estimate of drug-likeness (QED) is 0.442. The van der Waals surface area contributed by atoms with Gasteiger partial charge in [-0.05, 0) is 87.1 Å². The highest BCUT2D eigenvalue weighted by Crippen LogP contribution is 2.25. The highest BCUT2D eigenvalue weighted by atomic mass is 16.5. The molecule has 34 heavy (non-hydrogen) atoms. The van der Waals surface area contributed by atoms with E-state index < -0.39 is 0 Å². The van der Waals surface area contributed by atoms with E-state index in [4.69, 9.17) is 9.47 Å². The second-order valence-corrected chi connectivity index (χ2v) is 9.47. The smallest absolute Gasteiger partial charge is 0.337 e. The maximum Gasteiger partial charge on any atom is 0.337 e. The first-order valence-corrected chi connectivity index (χ1v) is 12.8. The zero-order valence-corrected chi connectivity index (χ0v) is 19.8. The monoisotopic (exact) mass is 461 g/mol. The maximum absolute atomic E-state index is 13.0. The van der Waals surface area contributed by atoms with Gasteiger partial charge >= 0.3 is 5.69 Å². The van der Waals surface area contributed by atoms with Gasteiger partial charge in [-0.25, -0.2) is 4.79 Å². The average molecular weight is 462 g/mol. The van der Waals surface area contributed by atoms with Crippen molar-refractivity contribution >= 4 is 0 Å². The molecule has 2 aromatic carbocycles. The largest absolute Gasteiger partial charge is 0.492 e. The van der Waals surface area contributed by atoms with E-state index >= 15 is 0 Å². The molecule has 2 aliphatic rings. The molecular weight excluding hydrogens is 426 g/mol. The van der Waals surface area contributed by atoms with Crippen molar-refractivity contribution in [1.82, 2.24) is 14.5 Å². The summed E-state index contributed by atoms with van der Waals surface area (Å²) < 4.78 is 15.2. The van der Waals surface area contributed by atoms with Gasteiger partial charge in [-0.1, -0.05) is 19.3 Å². The molecule has 1 N–H and O–H groups in total. The highest BCUT2D eigenvalue weighted by molar-refractivity contribution is 5.40. The lowest BCUT2D eigenvalue weighted by Crippen LogP contribution is -2.34. The SMILES string of the molecule is O=c1n(-c2ccc(OCCNC3CCCCC3)cc2)ccn1-c1ccc(OC2CCCC2)cc1. The Morgan fingerprint density at radius 2 is 1.29 bits per heavy atom. The van der Waals surface area contributed by atoms with Crippen LogP contribution in [0.4, 0.5) is 0 Å². The van der Waals surface area contributed by atoms with Crippen molar-refractivity contribution in [2.24, 2.45) is 0 Å².